The Morgan fingerprint density at radius 2 is 1.86 bits per heavy atom. The molecule has 2 nitrogen and oxygen atoms in total. The Morgan fingerprint density at radius 1 is 1.19 bits per heavy atom. The zero-order valence-electron chi connectivity index (χ0n) is 12.9. The van der Waals surface area contributed by atoms with E-state index in [0.29, 0.717) is 11.5 Å². The van der Waals surface area contributed by atoms with Crippen LogP contribution in [0, 0.1) is 5.92 Å². The summed E-state index contributed by atoms with van der Waals surface area (Å²) in [6.07, 6.45) is 13.5. The maximum Gasteiger partial charge on any atom is 0.335 e. The van der Waals surface area contributed by atoms with Gasteiger partial charge in [0, 0.05) is 0 Å². The second-order valence-corrected chi connectivity index (χ2v) is 6.11. The summed E-state index contributed by atoms with van der Waals surface area (Å²) in [5.41, 5.74) is 1.68. The van der Waals surface area contributed by atoms with E-state index in [-0.39, 0.29) is 0 Å². The van der Waals surface area contributed by atoms with Crippen molar-refractivity contribution in [3.8, 4) is 0 Å². The van der Waals surface area contributed by atoms with Gasteiger partial charge in [0.25, 0.3) is 0 Å². The van der Waals surface area contributed by atoms with Crippen LogP contribution in [-0.4, -0.2) is 11.1 Å². The molecule has 0 amide bonds. The molecule has 21 heavy (non-hydrogen) atoms. The van der Waals surface area contributed by atoms with Crippen molar-refractivity contribution >= 4 is 5.97 Å². The summed E-state index contributed by atoms with van der Waals surface area (Å²) in [4.78, 5) is 10.9. The minimum atomic E-state index is -0.845. The molecule has 2 rings (SSSR count). The van der Waals surface area contributed by atoms with Crippen LogP contribution >= 0.6 is 0 Å². The highest BCUT2D eigenvalue weighted by atomic mass is 16.4. The third kappa shape index (κ3) is 4.73. The summed E-state index contributed by atoms with van der Waals surface area (Å²) < 4.78 is 0. The van der Waals surface area contributed by atoms with Crippen molar-refractivity contribution in [2.45, 2.75) is 57.8 Å². The quantitative estimate of drug-likeness (QED) is 0.561. The summed E-state index contributed by atoms with van der Waals surface area (Å²) in [7, 11) is 0. The first kappa shape index (κ1) is 15.8. The lowest BCUT2D eigenvalue weighted by Crippen LogP contribution is -2.12. The van der Waals surface area contributed by atoms with Gasteiger partial charge in [-0.15, -0.1) is 0 Å². The van der Waals surface area contributed by atoms with E-state index in [1.165, 1.54) is 50.5 Å². The number of unbranched alkanes of at least 4 members (excludes halogenated alkanes) is 2. The van der Waals surface area contributed by atoms with Gasteiger partial charge in [0.05, 0.1) is 5.56 Å². The molecule has 0 aromatic heterocycles. The fourth-order valence-electron chi connectivity index (χ4n) is 3.15. The summed E-state index contributed by atoms with van der Waals surface area (Å²) in [6, 6.07) is 7.44. The molecule has 1 saturated carbocycles. The first-order valence-corrected chi connectivity index (χ1v) is 8.20. The molecule has 1 N–H and O–H groups in total. The number of benzene rings is 1. The van der Waals surface area contributed by atoms with Gasteiger partial charge in [0.15, 0.2) is 0 Å². The van der Waals surface area contributed by atoms with Crippen molar-refractivity contribution in [2.24, 2.45) is 5.92 Å². The average Bonchev–Trinajstić information content (AvgIpc) is 2.52. The average molecular weight is 286 g/mol. The van der Waals surface area contributed by atoms with Gasteiger partial charge in [-0.25, -0.2) is 4.79 Å². The minimum Gasteiger partial charge on any atom is -0.478 e. The van der Waals surface area contributed by atoms with E-state index < -0.39 is 5.97 Å². The fraction of sp³-hybridized carbons (Fsp3) is 0.526. The van der Waals surface area contributed by atoms with Crippen LogP contribution in [0.15, 0.2) is 36.4 Å². The number of hydrogen-bond donors (Lipinski definition) is 1. The second-order valence-electron chi connectivity index (χ2n) is 6.11. The van der Waals surface area contributed by atoms with E-state index in [2.05, 4.69) is 19.1 Å². The van der Waals surface area contributed by atoms with Crippen LogP contribution in [0.3, 0.4) is 0 Å². The van der Waals surface area contributed by atoms with Gasteiger partial charge in [0.1, 0.15) is 0 Å². The van der Waals surface area contributed by atoms with Crippen molar-refractivity contribution in [3.63, 3.8) is 0 Å². The number of carbonyl (C=O) groups is 1. The Hall–Kier alpha value is -1.57. The van der Waals surface area contributed by atoms with Gasteiger partial charge in [-0.2, -0.15) is 0 Å². The van der Waals surface area contributed by atoms with Gasteiger partial charge in [0.2, 0.25) is 0 Å². The lowest BCUT2D eigenvalue weighted by atomic mass is 9.78. The van der Waals surface area contributed by atoms with E-state index in [4.69, 9.17) is 5.11 Å². The van der Waals surface area contributed by atoms with Gasteiger partial charge >= 0.3 is 5.97 Å². The highest BCUT2D eigenvalue weighted by molar-refractivity contribution is 5.87. The van der Waals surface area contributed by atoms with Crippen molar-refractivity contribution in [1.29, 1.82) is 0 Å². The van der Waals surface area contributed by atoms with Gasteiger partial charge in [-0.1, -0.05) is 44.1 Å². The van der Waals surface area contributed by atoms with Crippen LogP contribution in [0.4, 0.5) is 0 Å². The van der Waals surface area contributed by atoms with E-state index in [1.807, 2.05) is 12.1 Å². The summed E-state index contributed by atoms with van der Waals surface area (Å²) in [6.45, 7) is 2.23. The van der Waals surface area contributed by atoms with Gasteiger partial charge < -0.3 is 5.11 Å². The third-order valence-electron chi connectivity index (χ3n) is 4.53. The normalized spacial score (nSPS) is 22.5. The molecule has 1 aromatic carbocycles. The lowest BCUT2D eigenvalue weighted by Gasteiger charge is -2.27. The molecule has 1 aliphatic rings. The first-order chi connectivity index (χ1) is 10.2. The molecule has 0 saturated heterocycles. The van der Waals surface area contributed by atoms with Crippen LogP contribution in [-0.2, 0) is 0 Å². The largest absolute Gasteiger partial charge is 0.478 e. The van der Waals surface area contributed by atoms with E-state index in [9.17, 15) is 4.79 Å². The molecule has 1 fully saturated rings. The minimum absolute atomic E-state index is 0.381. The molecule has 0 spiro atoms. The molecule has 0 aliphatic heterocycles. The van der Waals surface area contributed by atoms with Crippen LogP contribution in [0.2, 0.25) is 0 Å². The predicted octanol–water partition coefficient (Wildman–Crippen LogP) is 5.41. The van der Waals surface area contributed by atoms with Gasteiger partial charge in [-0.3, -0.25) is 0 Å². The molecule has 0 atom stereocenters. The smallest absolute Gasteiger partial charge is 0.335 e. The maximum absolute atomic E-state index is 10.9. The van der Waals surface area contributed by atoms with Crippen LogP contribution in [0.1, 0.15) is 73.7 Å². The molecular formula is C19H26O2. The lowest BCUT2D eigenvalue weighted by molar-refractivity contribution is 0.0697. The zero-order chi connectivity index (χ0) is 15.1. The Labute approximate surface area is 127 Å². The Bertz CT molecular complexity index is 465. The molecule has 114 valence electrons. The van der Waals surface area contributed by atoms with Crippen molar-refractivity contribution in [3.05, 3.63) is 47.5 Å². The zero-order valence-corrected chi connectivity index (χ0v) is 12.9. The molecule has 0 unspecified atom stereocenters. The molecule has 2 heteroatoms. The fourth-order valence-corrected chi connectivity index (χ4v) is 3.15. The number of carboxylic acid groups (broad SMARTS) is 1. The second kappa shape index (κ2) is 8.02. The maximum atomic E-state index is 10.9. The summed E-state index contributed by atoms with van der Waals surface area (Å²) in [5.74, 6) is 0.506. The third-order valence-corrected chi connectivity index (χ3v) is 4.53. The molecule has 0 heterocycles. The number of aromatic carboxylic acids is 1. The Kier molecular flexibility index (Phi) is 6.04. The van der Waals surface area contributed by atoms with Crippen LogP contribution < -0.4 is 0 Å². The molecular weight excluding hydrogens is 260 g/mol. The first-order valence-electron chi connectivity index (χ1n) is 8.20. The number of rotatable bonds is 6. The number of allylic oxidation sites excluding steroid dienone is 2. The van der Waals surface area contributed by atoms with E-state index in [0.717, 1.165) is 5.92 Å². The summed E-state index contributed by atoms with van der Waals surface area (Å²) in [5, 5.41) is 8.93. The van der Waals surface area contributed by atoms with Gasteiger partial charge in [-0.05, 0) is 61.6 Å². The Balaban J connectivity index is 1.83. The standard InChI is InChI=1S/C19H26O2/c1-2-3-4-5-6-15-7-9-16(10-8-15)17-11-13-18(14-12-17)19(20)21/h5-6,11-16H,2-4,7-10H2,1H3,(H,20,21)/b6-5+. The van der Waals surface area contributed by atoms with Crippen molar-refractivity contribution in [1.82, 2.24) is 0 Å². The van der Waals surface area contributed by atoms with E-state index in [1.54, 1.807) is 12.1 Å². The SMILES string of the molecule is CCCC/C=C/C1CCC(c2ccc(C(=O)O)cc2)CC1. The molecule has 0 radical (unpaired) electrons. The number of hydrogen-bond acceptors (Lipinski definition) is 1. The molecule has 1 aromatic rings. The monoisotopic (exact) mass is 286 g/mol. The molecule has 0 bridgehead atoms. The topological polar surface area (TPSA) is 37.3 Å². The van der Waals surface area contributed by atoms with Crippen molar-refractivity contribution < 1.29 is 9.90 Å². The Morgan fingerprint density at radius 3 is 2.43 bits per heavy atom. The highest BCUT2D eigenvalue weighted by Crippen LogP contribution is 2.36. The van der Waals surface area contributed by atoms with Crippen molar-refractivity contribution in [2.75, 3.05) is 0 Å². The highest BCUT2D eigenvalue weighted by Gasteiger charge is 2.20. The predicted molar refractivity (Wildman–Crippen MR) is 86.8 cm³/mol. The number of carboxylic acids is 1. The molecule has 1 aliphatic carbocycles. The van der Waals surface area contributed by atoms with E-state index >= 15 is 0 Å². The summed E-state index contributed by atoms with van der Waals surface area (Å²) >= 11 is 0. The van der Waals surface area contributed by atoms with Crippen LogP contribution in [0.5, 0.6) is 0 Å². The van der Waals surface area contributed by atoms with Crippen LogP contribution in [0.25, 0.3) is 0 Å².